The monoisotopic (exact) mass is 559 g/mol. The molecule has 0 unspecified atom stereocenters. The topological polar surface area (TPSA) is 56.9 Å². The van der Waals surface area contributed by atoms with E-state index in [0.717, 1.165) is 70.9 Å². The molecule has 3 heterocycles. The molecule has 0 saturated carbocycles. The van der Waals surface area contributed by atoms with Gasteiger partial charge < -0.3 is 19.4 Å². The third-order valence-corrected chi connectivity index (χ3v) is 8.03. The van der Waals surface area contributed by atoms with Crippen molar-refractivity contribution in [3.05, 3.63) is 94.2 Å². The predicted octanol–water partition coefficient (Wildman–Crippen LogP) is 7.99. The lowest BCUT2D eigenvalue weighted by Gasteiger charge is -2.11. The zero-order valence-corrected chi connectivity index (χ0v) is 23.1. The summed E-state index contributed by atoms with van der Waals surface area (Å²) >= 11 is 12.4. The fraction of sp³-hybridized carbons (Fsp3) is 0.194. The fourth-order valence-electron chi connectivity index (χ4n) is 5.43. The van der Waals surface area contributed by atoms with E-state index in [2.05, 4.69) is 28.2 Å². The Morgan fingerprint density at radius 2 is 1.51 bits per heavy atom. The number of hydrogen-bond donors (Lipinski definition) is 1. The van der Waals surface area contributed by atoms with Gasteiger partial charge in [-0.05, 0) is 85.0 Å². The summed E-state index contributed by atoms with van der Waals surface area (Å²) in [5, 5.41) is 3.87. The van der Waals surface area contributed by atoms with Gasteiger partial charge in [-0.15, -0.1) is 0 Å². The number of anilines is 1. The lowest BCUT2D eigenvalue weighted by Crippen LogP contribution is -2.15. The number of nitrogens with one attached hydrogen (secondary N) is 1. The molecule has 0 spiro atoms. The number of aromatic nitrogens is 2. The van der Waals surface area contributed by atoms with Crippen LogP contribution in [0.25, 0.3) is 28.0 Å². The first kappa shape index (κ1) is 25.4. The summed E-state index contributed by atoms with van der Waals surface area (Å²) < 4.78 is 15.2. The third-order valence-electron chi connectivity index (χ3n) is 7.29. The Hall–Kier alpha value is -3.87. The molecule has 0 bridgehead atoms. The van der Waals surface area contributed by atoms with Crippen molar-refractivity contribution in [1.29, 1.82) is 0 Å². The number of aryl methyl sites for hydroxylation is 2. The Kier molecular flexibility index (Phi) is 6.75. The first-order valence-electron chi connectivity index (χ1n) is 12.8. The Morgan fingerprint density at radius 3 is 2.15 bits per heavy atom. The Balaban J connectivity index is 1.57. The number of carbonyl (C=O) groups excluding carboxylic acids is 1. The summed E-state index contributed by atoms with van der Waals surface area (Å²) in [6, 6.07) is 21.0. The average molecular weight is 560 g/mol. The van der Waals surface area contributed by atoms with Gasteiger partial charge in [0, 0.05) is 29.6 Å². The lowest BCUT2D eigenvalue weighted by molar-refractivity contribution is 0.102. The van der Waals surface area contributed by atoms with Gasteiger partial charge in [0.05, 0.1) is 30.0 Å². The zero-order valence-electron chi connectivity index (χ0n) is 21.6. The standard InChI is InChI=1S/C31H27Cl2N3O3/c1-38-22-11-6-19(7-12-22)27-18-36-29(30(37)34-21-10-15-25(32)26(33)17-21)28(20-8-13-23(39-2)14-9-20)24-5-3-4-16-35(27)31(24)36/h6-15,17-18H,3-5,16H2,1-2H3,(H,34,37). The van der Waals surface area contributed by atoms with Crippen LogP contribution >= 0.6 is 23.2 Å². The number of rotatable bonds is 6. The molecule has 0 aliphatic carbocycles. The fourth-order valence-corrected chi connectivity index (χ4v) is 5.73. The molecule has 1 aliphatic heterocycles. The molecule has 2 aromatic heterocycles. The Labute approximate surface area is 236 Å². The molecule has 0 saturated heterocycles. The van der Waals surface area contributed by atoms with Crippen molar-refractivity contribution in [2.45, 2.75) is 25.8 Å². The molecule has 0 radical (unpaired) electrons. The van der Waals surface area contributed by atoms with Crippen LogP contribution in [0.1, 0.15) is 28.9 Å². The normalized spacial score (nSPS) is 12.8. The molecule has 5 aromatic rings. The van der Waals surface area contributed by atoms with E-state index in [9.17, 15) is 4.79 Å². The van der Waals surface area contributed by atoms with Crippen LogP contribution in [0.5, 0.6) is 11.5 Å². The smallest absolute Gasteiger partial charge is 0.273 e. The lowest BCUT2D eigenvalue weighted by atomic mass is 9.97. The van der Waals surface area contributed by atoms with Gasteiger partial charge in [0.15, 0.2) is 0 Å². The van der Waals surface area contributed by atoms with Gasteiger partial charge in [0.1, 0.15) is 22.8 Å². The highest BCUT2D eigenvalue weighted by atomic mass is 35.5. The molecule has 1 amide bonds. The maximum Gasteiger partial charge on any atom is 0.273 e. The molecule has 6 nitrogen and oxygen atoms in total. The molecule has 8 heteroatoms. The largest absolute Gasteiger partial charge is 0.497 e. The number of amides is 1. The van der Waals surface area contributed by atoms with Crippen molar-refractivity contribution in [3.8, 4) is 33.9 Å². The summed E-state index contributed by atoms with van der Waals surface area (Å²) in [4.78, 5) is 14.1. The van der Waals surface area contributed by atoms with E-state index in [-0.39, 0.29) is 5.91 Å². The quantitative estimate of drug-likeness (QED) is 0.229. The van der Waals surface area contributed by atoms with Crippen molar-refractivity contribution < 1.29 is 14.3 Å². The van der Waals surface area contributed by atoms with Crippen LogP contribution in [0, 0.1) is 0 Å². The summed E-state index contributed by atoms with van der Waals surface area (Å²) in [5.41, 5.74) is 7.38. The first-order valence-corrected chi connectivity index (χ1v) is 13.6. The van der Waals surface area contributed by atoms with Crippen molar-refractivity contribution in [3.63, 3.8) is 0 Å². The van der Waals surface area contributed by atoms with Crippen LogP contribution in [0.4, 0.5) is 5.69 Å². The van der Waals surface area contributed by atoms with E-state index in [1.807, 2.05) is 40.8 Å². The number of ether oxygens (including phenoxy) is 2. The predicted molar refractivity (Wildman–Crippen MR) is 157 cm³/mol. The van der Waals surface area contributed by atoms with E-state index < -0.39 is 0 Å². The number of halogens is 2. The minimum Gasteiger partial charge on any atom is -0.497 e. The van der Waals surface area contributed by atoms with Gasteiger partial charge in [-0.25, -0.2) is 0 Å². The first-order chi connectivity index (χ1) is 19.0. The molecule has 39 heavy (non-hydrogen) atoms. The number of imidazole rings is 1. The van der Waals surface area contributed by atoms with Crippen LogP contribution in [0.3, 0.4) is 0 Å². The molecular formula is C31H27Cl2N3O3. The minimum atomic E-state index is -0.223. The highest BCUT2D eigenvalue weighted by Crippen LogP contribution is 2.40. The molecule has 0 atom stereocenters. The number of hydrogen-bond acceptors (Lipinski definition) is 3. The molecule has 1 aliphatic rings. The molecule has 198 valence electrons. The molecule has 3 aromatic carbocycles. The van der Waals surface area contributed by atoms with Gasteiger partial charge in [0.2, 0.25) is 0 Å². The van der Waals surface area contributed by atoms with Crippen molar-refractivity contribution in [2.75, 3.05) is 19.5 Å². The molecule has 6 rings (SSSR count). The highest BCUT2D eigenvalue weighted by molar-refractivity contribution is 6.42. The SMILES string of the molecule is COc1ccc(-c2c3c4n(c(-c5ccc(OC)cc5)cn4c2C(=O)Nc2ccc(Cl)c(Cl)c2)CCCC3)cc1. The van der Waals surface area contributed by atoms with Gasteiger partial charge in [-0.3, -0.25) is 9.20 Å². The van der Waals surface area contributed by atoms with E-state index in [1.54, 1.807) is 32.4 Å². The Bertz CT molecular complexity index is 1690. The van der Waals surface area contributed by atoms with E-state index >= 15 is 0 Å². The van der Waals surface area contributed by atoms with E-state index in [0.29, 0.717) is 21.4 Å². The van der Waals surface area contributed by atoms with Gasteiger partial charge in [-0.2, -0.15) is 0 Å². The Morgan fingerprint density at radius 1 is 0.846 bits per heavy atom. The van der Waals surface area contributed by atoms with Crippen LogP contribution in [-0.4, -0.2) is 29.1 Å². The van der Waals surface area contributed by atoms with Crippen LogP contribution in [0.2, 0.25) is 10.0 Å². The number of carbonyl (C=O) groups is 1. The summed E-state index contributed by atoms with van der Waals surface area (Å²) in [5.74, 6) is 1.35. The third kappa shape index (κ3) is 4.54. The van der Waals surface area contributed by atoms with Crippen LogP contribution < -0.4 is 14.8 Å². The zero-order chi connectivity index (χ0) is 27.1. The van der Waals surface area contributed by atoms with Crippen LogP contribution in [-0.2, 0) is 13.0 Å². The van der Waals surface area contributed by atoms with Gasteiger partial charge in [-0.1, -0.05) is 35.3 Å². The number of methoxy groups -OCH3 is 2. The van der Waals surface area contributed by atoms with Gasteiger partial charge in [0.25, 0.3) is 5.91 Å². The second-order valence-electron chi connectivity index (χ2n) is 9.56. The second kappa shape index (κ2) is 10.4. The van der Waals surface area contributed by atoms with Gasteiger partial charge >= 0.3 is 0 Å². The molecule has 0 fully saturated rings. The minimum absolute atomic E-state index is 0.223. The average Bonchev–Trinajstić information content (AvgIpc) is 3.38. The van der Waals surface area contributed by atoms with Crippen LogP contribution in [0.15, 0.2) is 72.9 Å². The summed E-state index contributed by atoms with van der Waals surface area (Å²) in [6.07, 6.45) is 5.02. The second-order valence-corrected chi connectivity index (χ2v) is 10.4. The maximum atomic E-state index is 14.1. The summed E-state index contributed by atoms with van der Waals surface area (Å²) in [7, 11) is 3.31. The molecule has 1 N–H and O–H groups in total. The maximum absolute atomic E-state index is 14.1. The number of benzene rings is 3. The van der Waals surface area contributed by atoms with Crippen molar-refractivity contribution in [1.82, 2.24) is 8.97 Å². The summed E-state index contributed by atoms with van der Waals surface area (Å²) in [6.45, 7) is 0.866. The van der Waals surface area contributed by atoms with E-state index in [4.69, 9.17) is 32.7 Å². The molecular weight excluding hydrogens is 533 g/mol. The van der Waals surface area contributed by atoms with E-state index in [1.165, 1.54) is 0 Å². The van der Waals surface area contributed by atoms with Crippen molar-refractivity contribution in [2.24, 2.45) is 0 Å². The van der Waals surface area contributed by atoms with Crippen molar-refractivity contribution >= 4 is 40.4 Å². The number of nitrogens with zero attached hydrogens (tertiary/aromatic N) is 2. The highest BCUT2D eigenvalue weighted by Gasteiger charge is 2.29.